The van der Waals surface area contributed by atoms with E-state index in [0.29, 0.717) is 0 Å². The summed E-state index contributed by atoms with van der Waals surface area (Å²) in [5.41, 5.74) is 0. The normalized spacial score (nSPS) is 17.1. The van der Waals surface area contributed by atoms with E-state index in [-0.39, 0.29) is 0 Å². The third kappa shape index (κ3) is 3.02. The van der Waals surface area contributed by atoms with Crippen molar-refractivity contribution < 1.29 is 0 Å². The molecule has 0 aliphatic carbocycles. The molecule has 90 valence electrons. The van der Waals surface area contributed by atoms with Gasteiger partial charge in [-0.05, 0) is 32.9 Å². The lowest BCUT2D eigenvalue weighted by Crippen LogP contribution is -2.30. The lowest BCUT2D eigenvalue weighted by molar-refractivity contribution is 0.334. The summed E-state index contributed by atoms with van der Waals surface area (Å²) in [7, 11) is 0. The van der Waals surface area contributed by atoms with Crippen LogP contribution in [0.2, 0.25) is 0 Å². The van der Waals surface area contributed by atoms with Crippen LogP contribution in [0.15, 0.2) is 6.33 Å². The van der Waals surface area contributed by atoms with E-state index >= 15 is 0 Å². The van der Waals surface area contributed by atoms with Crippen molar-refractivity contribution in [1.82, 2.24) is 25.0 Å². The van der Waals surface area contributed by atoms with Crippen LogP contribution >= 0.6 is 0 Å². The van der Waals surface area contributed by atoms with Crippen molar-refractivity contribution in [3.05, 3.63) is 12.2 Å². The molecule has 1 aliphatic rings. The van der Waals surface area contributed by atoms with Crippen molar-refractivity contribution in [2.75, 3.05) is 26.2 Å². The standard InChI is InChI=1S/C11H21N5/c1-2-16-10-13-14-11(16)9-12-5-8-15-6-3-4-7-15/h10,12H,2-9H2,1H3. The monoisotopic (exact) mass is 223 g/mol. The van der Waals surface area contributed by atoms with Gasteiger partial charge in [0.25, 0.3) is 0 Å². The Morgan fingerprint density at radius 3 is 2.94 bits per heavy atom. The van der Waals surface area contributed by atoms with E-state index in [9.17, 15) is 0 Å². The van der Waals surface area contributed by atoms with Gasteiger partial charge in [-0.3, -0.25) is 0 Å². The first kappa shape index (κ1) is 11.5. The van der Waals surface area contributed by atoms with E-state index in [1.54, 1.807) is 6.33 Å². The quantitative estimate of drug-likeness (QED) is 0.713. The number of likely N-dealkylation sites (tertiary alicyclic amines) is 1. The van der Waals surface area contributed by atoms with Gasteiger partial charge in [-0.2, -0.15) is 0 Å². The summed E-state index contributed by atoms with van der Waals surface area (Å²) in [6.07, 6.45) is 4.52. The first-order chi connectivity index (χ1) is 7.90. The molecule has 0 aromatic carbocycles. The summed E-state index contributed by atoms with van der Waals surface area (Å²) >= 11 is 0. The highest BCUT2D eigenvalue weighted by atomic mass is 15.3. The first-order valence-electron chi connectivity index (χ1n) is 6.20. The van der Waals surface area contributed by atoms with Crippen LogP contribution in [0.4, 0.5) is 0 Å². The lowest BCUT2D eigenvalue weighted by Gasteiger charge is -2.14. The second-order valence-corrected chi connectivity index (χ2v) is 4.26. The van der Waals surface area contributed by atoms with Gasteiger partial charge >= 0.3 is 0 Å². The predicted octanol–water partition coefficient (Wildman–Crippen LogP) is 0.483. The van der Waals surface area contributed by atoms with Crippen molar-refractivity contribution in [3.8, 4) is 0 Å². The SMILES string of the molecule is CCn1cnnc1CNCCN1CCCC1. The maximum atomic E-state index is 4.09. The molecule has 0 atom stereocenters. The van der Waals surface area contributed by atoms with E-state index in [0.717, 1.165) is 32.0 Å². The highest BCUT2D eigenvalue weighted by molar-refractivity contribution is 4.84. The van der Waals surface area contributed by atoms with Crippen molar-refractivity contribution in [2.45, 2.75) is 32.9 Å². The minimum absolute atomic E-state index is 0.821. The van der Waals surface area contributed by atoms with Gasteiger partial charge in [0, 0.05) is 19.6 Å². The van der Waals surface area contributed by atoms with E-state index in [4.69, 9.17) is 0 Å². The van der Waals surface area contributed by atoms with E-state index in [1.165, 1.54) is 25.9 Å². The van der Waals surface area contributed by atoms with Crippen molar-refractivity contribution in [3.63, 3.8) is 0 Å². The summed E-state index contributed by atoms with van der Waals surface area (Å²) in [6.45, 7) is 8.60. The number of aryl methyl sites for hydroxylation is 1. The molecule has 1 N–H and O–H groups in total. The van der Waals surface area contributed by atoms with Gasteiger partial charge in [0.05, 0.1) is 6.54 Å². The van der Waals surface area contributed by atoms with Gasteiger partial charge in [0.15, 0.2) is 0 Å². The maximum Gasteiger partial charge on any atom is 0.146 e. The molecule has 5 heteroatoms. The van der Waals surface area contributed by atoms with Crippen LogP contribution < -0.4 is 5.32 Å². The second kappa shape index (κ2) is 5.96. The summed E-state index contributed by atoms with van der Waals surface area (Å²) in [5, 5.41) is 11.4. The zero-order valence-corrected chi connectivity index (χ0v) is 10.0. The molecular formula is C11H21N5. The predicted molar refractivity (Wildman–Crippen MR) is 63.1 cm³/mol. The topological polar surface area (TPSA) is 46.0 Å². The highest BCUT2D eigenvalue weighted by Gasteiger charge is 2.10. The molecule has 2 heterocycles. The van der Waals surface area contributed by atoms with Crippen LogP contribution in [0.3, 0.4) is 0 Å². The lowest BCUT2D eigenvalue weighted by atomic mass is 10.4. The molecule has 0 spiro atoms. The average molecular weight is 223 g/mol. The van der Waals surface area contributed by atoms with Gasteiger partial charge < -0.3 is 14.8 Å². The van der Waals surface area contributed by atoms with Crippen molar-refractivity contribution in [2.24, 2.45) is 0 Å². The van der Waals surface area contributed by atoms with Crippen molar-refractivity contribution >= 4 is 0 Å². The molecule has 2 rings (SSSR count). The Morgan fingerprint density at radius 2 is 2.19 bits per heavy atom. The van der Waals surface area contributed by atoms with E-state index in [2.05, 4.69) is 31.9 Å². The Kier molecular flexibility index (Phi) is 4.30. The Hall–Kier alpha value is -0.940. The molecule has 0 saturated carbocycles. The molecule has 1 fully saturated rings. The van der Waals surface area contributed by atoms with Gasteiger partial charge in [0.1, 0.15) is 12.2 Å². The van der Waals surface area contributed by atoms with Gasteiger partial charge in [-0.15, -0.1) is 10.2 Å². The number of hydrogen-bond acceptors (Lipinski definition) is 4. The Bertz CT molecular complexity index is 303. The van der Waals surface area contributed by atoms with E-state index < -0.39 is 0 Å². The number of hydrogen-bond donors (Lipinski definition) is 1. The molecule has 0 amide bonds. The zero-order valence-electron chi connectivity index (χ0n) is 10.0. The average Bonchev–Trinajstić information content (AvgIpc) is 2.95. The molecule has 16 heavy (non-hydrogen) atoms. The number of rotatable bonds is 6. The van der Waals surface area contributed by atoms with Crippen LogP contribution in [0.1, 0.15) is 25.6 Å². The first-order valence-corrected chi connectivity index (χ1v) is 6.20. The fraction of sp³-hybridized carbons (Fsp3) is 0.818. The van der Waals surface area contributed by atoms with Crippen LogP contribution in [-0.2, 0) is 13.1 Å². The largest absolute Gasteiger partial charge is 0.317 e. The minimum atomic E-state index is 0.821. The van der Waals surface area contributed by atoms with Crippen LogP contribution in [-0.4, -0.2) is 45.8 Å². The van der Waals surface area contributed by atoms with E-state index in [1.807, 2.05) is 0 Å². The maximum absolute atomic E-state index is 4.09. The Morgan fingerprint density at radius 1 is 1.38 bits per heavy atom. The number of aromatic nitrogens is 3. The zero-order chi connectivity index (χ0) is 11.2. The molecule has 1 saturated heterocycles. The molecule has 0 unspecified atom stereocenters. The second-order valence-electron chi connectivity index (χ2n) is 4.26. The smallest absolute Gasteiger partial charge is 0.146 e. The third-order valence-corrected chi connectivity index (χ3v) is 3.12. The molecule has 0 bridgehead atoms. The fourth-order valence-corrected chi connectivity index (χ4v) is 2.12. The van der Waals surface area contributed by atoms with Crippen molar-refractivity contribution in [1.29, 1.82) is 0 Å². The summed E-state index contributed by atoms with van der Waals surface area (Å²) in [4.78, 5) is 2.51. The highest BCUT2D eigenvalue weighted by Crippen LogP contribution is 2.05. The fourth-order valence-electron chi connectivity index (χ4n) is 2.12. The molecule has 1 aromatic rings. The summed E-state index contributed by atoms with van der Waals surface area (Å²) in [6, 6.07) is 0. The summed E-state index contributed by atoms with van der Waals surface area (Å²) in [5.74, 6) is 1.03. The molecular weight excluding hydrogens is 202 g/mol. The van der Waals surface area contributed by atoms with Gasteiger partial charge in [0.2, 0.25) is 0 Å². The molecule has 5 nitrogen and oxygen atoms in total. The van der Waals surface area contributed by atoms with Crippen LogP contribution in [0.5, 0.6) is 0 Å². The summed E-state index contributed by atoms with van der Waals surface area (Å²) < 4.78 is 2.07. The minimum Gasteiger partial charge on any atom is -0.317 e. The van der Waals surface area contributed by atoms with Gasteiger partial charge in [-0.1, -0.05) is 0 Å². The Labute approximate surface area is 96.8 Å². The van der Waals surface area contributed by atoms with Crippen LogP contribution in [0.25, 0.3) is 0 Å². The van der Waals surface area contributed by atoms with Crippen LogP contribution in [0, 0.1) is 0 Å². The third-order valence-electron chi connectivity index (χ3n) is 3.12. The molecule has 0 radical (unpaired) electrons. The number of nitrogens with zero attached hydrogens (tertiary/aromatic N) is 4. The van der Waals surface area contributed by atoms with Gasteiger partial charge in [-0.25, -0.2) is 0 Å². The molecule has 1 aliphatic heterocycles. The number of nitrogens with one attached hydrogen (secondary N) is 1. The Balaban J connectivity index is 1.64. The molecule has 1 aromatic heterocycles.